The third-order valence-corrected chi connectivity index (χ3v) is 3.06. The smallest absolute Gasteiger partial charge is 0.268 e. The number of benzene rings is 1. The first-order valence-corrected chi connectivity index (χ1v) is 6.78. The van der Waals surface area contributed by atoms with Crippen LogP contribution in [0.5, 0.6) is 0 Å². The summed E-state index contributed by atoms with van der Waals surface area (Å²) in [7, 11) is 0. The Morgan fingerprint density at radius 3 is 2.75 bits per heavy atom. The fourth-order valence-corrected chi connectivity index (χ4v) is 1.94. The maximum Gasteiger partial charge on any atom is 0.268 e. The Kier molecular flexibility index (Phi) is 4.40. The quantitative estimate of drug-likeness (QED) is 0.777. The molecule has 2 aromatic rings. The van der Waals surface area contributed by atoms with Crippen LogP contribution < -0.4 is 10.6 Å². The fourth-order valence-electron chi connectivity index (χ4n) is 1.94. The molecule has 5 nitrogen and oxygen atoms in total. The summed E-state index contributed by atoms with van der Waals surface area (Å²) in [4.78, 5) is 26.8. The van der Waals surface area contributed by atoms with Crippen molar-refractivity contribution in [2.24, 2.45) is 0 Å². The number of carbonyl (C=O) groups is 2. The molecule has 20 heavy (non-hydrogen) atoms. The third kappa shape index (κ3) is 3.17. The van der Waals surface area contributed by atoms with Crippen molar-refractivity contribution in [1.82, 2.24) is 15.6 Å². The Bertz CT molecular complexity index is 585. The molecular weight excluding hydrogens is 254 g/mol. The average molecular weight is 273 g/mol. The average Bonchev–Trinajstić information content (AvgIpc) is 2.88. The monoisotopic (exact) mass is 273 g/mol. The van der Waals surface area contributed by atoms with E-state index in [4.69, 9.17) is 0 Å². The first kappa shape index (κ1) is 14.1. The Balaban J connectivity index is 2.02. The summed E-state index contributed by atoms with van der Waals surface area (Å²) in [5.41, 5.74) is 1.36. The normalized spacial score (nSPS) is 12.1. The SMILES string of the molecule is CCCNC(=O)[C@@H](C)NC(=O)c1cc2ccccc2[nH]1. The molecule has 5 heteroatoms. The predicted octanol–water partition coefficient (Wildman–Crippen LogP) is 1.81. The molecule has 0 saturated heterocycles. The lowest BCUT2D eigenvalue weighted by Gasteiger charge is -2.13. The highest BCUT2D eigenvalue weighted by Crippen LogP contribution is 2.14. The highest BCUT2D eigenvalue weighted by molar-refractivity contribution is 6.00. The summed E-state index contributed by atoms with van der Waals surface area (Å²) in [5.74, 6) is -0.448. The summed E-state index contributed by atoms with van der Waals surface area (Å²) in [5, 5.41) is 6.41. The molecular formula is C15H19N3O2. The number of hydrogen-bond acceptors (Lipinski definition) is 2. The van der Waals surface area contributed by atoms with Crippen molar-refractivity contribution in [2.45, 2.75) is 26.3 Å². The number of nitrogens with one attached hydrogen (secondary N) is 3. The lowest BCUT2D eigenvalue weighted by atomic mass is 10.2. The van der Waals surface area contributed by atoms with E-state index in [-0.39, 0.29) is 11.8 Å². The van der Waals surface area contributed by atoms with Crippen molar-refractivity contribution < 1.29 is 9.59 Å². The topological polar surface area (TPSA) is 74.0 Å². The van der Waals surface area contributed by atoms with Gasteiger partial charge in [-0.2, -0.15) is 0 Å². The van der Waals surface area contributed by atoms with Crippen molar-refractivity contribution >= 4 is 22.7 Å². The van der Waals surface area contributed by atoms with Gasteiger partial charge in [0.1, 0.15) is 11.7 Å². The number of H-pyrrole nitrogens is 1. The number of fused-ring (bicyclic) bond motifs is 1. The van der Waals surface area contributed by atoms with Crippen LogP contribution in [0.4, 0.5) is 0 Å². The standard InChI is InChI=1S/C15H19N3O2/c1-3-8-16-14(19)10(2)17-15(20)13-9-11-6-4-5-7-12(11)18-13/h4-7,9-10,18H,3,8H2,1-2H3,(H,16,19)(H,17,20)/t10-/m1/s1. The minimum atomic E-state index is -0.555. The number of rotatable bonds is 5. The third-order valence-electron chi connectivity index (χ3n) is 3.06. The Labute approximate surface area is 117 Å². The van der Waals surface area contributed by atoms with E-state index in [0.29, 0.717) is 12.2 Å². The van der Waals surface area contributed by atoms with Gasteiger partial charge in [-0.25, -0.2) is 0 Å². The molecule has 1 heterocycles. The van der Waals surface area contributed by atoms with Crippen LogP contribution in [0.3, 0.4) is 0 Å². The summed E-state index contributed by atoms with van der Waals surface area (Å²) in [6.45, 7) is 4.27. The van der Waals surface area contributed by atoms with Gasteiger partial charge in [-0.1, -0.05) is 25.1 Å². The van der Waals surface area contributed by atoms with E-state index >= 15 is 0 Å². The van der Waals surface area contributed by atoms with Crippen molar-refractivity contribution in [2.75, 3.05) is 6.54 Å². The van der Waals surface area contributed by atoms with Crippen molar-refractivity contribution in [3.05, 3.63) is 36.0 Å². The highest BCUT2D eigenvalue weighted by atomic mass is 16.2. The number of hydrogen-bond donors (Lipinski definition) is 3. The van der Waals surface area contributed by atoms with Crippen LogP contribution in [-0.4, -0.2) is 29.4 Å². The Morgan fingerprint density at radius 1 is 1.30 bits per heavy atom. The van der Waals surface area contributed by atoms with E-state index in [1.165, 1.54) is 0 Å². The number of aromatic nitrogens is 1. The van der Waals surface area contributed by atoms with Gasteiger partial charge in [-0.05, 0) is 25.5 Å². The van der Waals surface area contributed by atoms with Gasteiger partial charge >= 0.3 is 0 Å². The molecule has 1 atom stereocenters. The Morgan fingerprint density at radius 2 is 2.05 bits per heavy atom. The Hall–Kier alpha value is -2.30. The van der Waals surface area contributed by atoms with Crippen molar-refractivity contribution in [3.8, 4) is 0 Å². The molecule has 0 unspecified atom stereocenters. The van der Waals surface area contributed by atoms with E-state index < -0.39 is 6.04 Å². The van der Waals surface area contributed by atoms with Gasteiger partial charge < -0.3 is 15.6 Å². The van der Waals surface area contributed by atoms with Gasteiger partial charge in [0.05, 0.1) is 0 Å². The zero-order valence-electron chi connectivity index (χ0n) is 11.7. The minimum absolute atomic E-state index is 0.170. The number of amides is 2. The van der Waals surface area contributed by atoms with E-state index in [9.17, 15) is 9.59 Å². The molecule has 106 valence electrons. The van der Waals surface area contributed by atoms with Crippen LogP contribution in [0.15, 0.2) is 30.3 Å². The van der Waals surface area contributed by atoms with E-state index in [2.05, 4.69) is 15.6 Å². The first-order valence-electron chi connectivity index (χ1n) is 6.78. The molecule has 0 radical (unpaired) electrons. The lowest BCUT2D eigenvalue weighted by molar-refractivity contribution is -0.122. The van der Waals surface area contributed by atoms with Crippen LogP contribution in [0.2, 0.25) is 0 Å². The van der Waals surface area contributed by atoms with Crippen LogP contribution in [0, 0.1) is 0 Å². The number of aromatic amines is 1. The highest BCUT2D eigenvalue weighted by Gasteiger charge is 2.17. The molecule has 0 aliphatic heterocycles. The van der Waals surface area contributed by atoms with Gasteiger partial charge in [0.25, 0.3) is 5.91 Å². The predicted molar refractivity (Wildman–Crippen MR) is 78.5 cm³/mol. The number of para-hydroxylation sites is 1. The molecule has 0 aliphatic carbocycles. The van der Waals surface area contributed by atoms with Crippen LogP contribution >= 0.6 is 0 Å². The molecule has 0 fully saturated rings. The summed E-state index contributed by atoms with van der Waals surface area (Å²) >= 11 is 0. The second-order valence-corrected chi connectivity index (χ2v) is 4.76. The van der Waals surface area contributed by atoms with Crippen molar-refractivity contribution in [3.63, 3.8) is 0 Å². The summed E-state index contributed by atoms with van der Waals surface area (Å²) in [6, 6.07) is 8.88. The molecule has 2 amide bonds. The van der Waals surface area contributed by atoms with Crippen LogP contribution in [0.25, 0.3) is 10.9 Å². The minimum Gasteiger partial charge on any atom is -0.354 e. The molecule has 0 saturated carbocycles. The molecule has 1 aromatic carbocycles. The first-order chi connectivity index (χ1) is 9.61. The van der Waals surface area contributed by atoms with Crippen LogP contribution in [-0.2, 0) is 4.79 Å². The maximum absolute atomic E-state index is 12.1. The van der Waals surface area contributed by atoms with Gasteiger partial charge in [0, 0.05) is 17.4 Å². The molecule has 0 aliphatic rings. The van der Waals surface area contributed by atoms with E-state index in [1.54, 1.807) is 13.0 Å². The zero-order valence-corrected chi connectivity index (χ0v) is 11.7. The maximum atomic E-state index is 12.1. The van der Waals surface area contributed by atoms with E-state index in [1.807, 2.05) is 31.2 Å². The van der Waals surface area contributed by atoms with Gasteiger partial charge in [-0.15, -0.1) is 0 Å². The van der Waals surface area contributed by atoms with E-state index in [0.717, 1.165) is 17.3 Å². The second kappa shape index (κ2) is 6.23. The lowest BCUT2D eigenvalue weighted by Crippen LogP contribution is -2.45. The van der Waals surface area contributed by atoms with Gasteiger partial charge in [-0.3, -0.25) is 9.59 Å². The van der Waals surface area contributed by atoms with Crippen LogP contribution in [0.1, 0.15) is 30.8 Å². The summed E-state index contributed by atoms with van der Waals surface area (Å²) < 4.78 is 0. The molecule has 1 aromatic heterocycles. The van der Waals surface area contributed by atoms with Gasteiger partial charge in [0.15, 0.2) is 0 Å². The summed E-state index contributed by atoms with van der Waals surface area (Å²) in [6.07, 6.45) is 0.869. The molecule has 2 rings (SSSR count). The number of carbonyl (C=O) groups excluding carboxylic acids is 2. The molecule has 3 N–H and O–H groups in total. The zero-order chi connectivity index (χ0) is 14.5. The largest absolute Gasteiger partial charge is 0.354 e. The van der Waals surface area contributed by atoms with Gasteiger partial charge in [0.2, 0.25) is 5.91 Å². The van der Waals surface area contributed by atoms with Crippen molar-refractivity contribution in [1.29, 1.82) is 0 Å². The fraction of sp³-hybridized carbons (Fsp3) is 0.333. The molecule has 0 bridgehead atoms. The molecule has 0 spiro atoms. The second-order valence-electron chi connectivity index (χ2n) is 4.76.